The van der Waals surface area contributed by atoms with Crippen molar-refractivity contribution in [1.29, 1.82) is 0 Å². The van der Waals surface area contributed by atoms with Crippen LogP contribution in [0.4, 0.5) is 0 Å². The molecule has 4 heteroatoms. The number of rotatable bonds is 5. The first-order valence-corrected chi connectivity index (χ1v) is 6.20. The van der Waals surface area contributed by atoms with Gasteiger partial charge in [0.15, 0.2) is 0 Å². The quantitative estimate of drug-likeness (QED) is 0.543. The molecule has 17 heavy (non-hydrogen) atoms. The first-order chi connectivity index (χ1) is 8.02. The monoisotopic (exact) mass is 241 g/mol. The molecule has 1 aliphatic heterocycles. The fraction of sp³-hybridized carbons (Fsp3) is 0.769. The van der Waals surface area contributed by atoms with Crippen molar-refractivity contribution in [2.45, 2.75) is 33.4 Å². The summed E-state index contributed by atoms with van der Waals surface area (Å²) in [5.41, 5.74) is 0.445. The van der Waals surface area contributed by atoms with Crippen molar-refractivity contribution < 1.29 is 14.3 Å². The fourth-order valence-corrected chi connectivity index (χ4v) is 1.94. The maximum absolute atomic E-state index is 11.2. The number of hydrogen-bond acceptors (Lipinski definition) is 4. The second-order valence-electron chi connectivity index (χ2n) is 4.81. The summed E-state index contributed by atoms with van der Waals surface area (Å²) < 4.78 is 10.8. The topological polar surface area (TPSA) is 38.8 Å². The Morgan fingerprint density at radius 3 is 2.88 bits per heavy atom. The van der Waals surface area contributed by atoms with Crippen LogP contribution in [0, 0.1) is 5.92 Å². The third-order valence-corrected chi connectivity index (χ3v) is 2.77. The molecule has 0 aromatic carbocycles. The molecule has 1 unspecified atom stereocenters. The van der Waals surface area contributed by atoms with Crippen molar-refractivity contribution in [3.63, 3.8) is 0 Å². The Balaban J connectivity index is 2.33. The molecule has 0 N–H and O–H groups in total. The van der Waals surface area contributed by atoms with Gasteiger partial charge < -0.3 is 9.47 Å². The Kier molecular flexibility index (Phi) is 5.65. The van der Waals surface area contributed by atoms with E-state index in [9.17, 15) is 4.79 Å². The molecule has 0 amide bonds. The molecule has 0 aromatic rings. The number of carbonyl (C=O) groups excluding carboxylic acids is 1. The molecule has 1 aliphatic rings. The minimum atomic E-state index is -0.316. The highest BCUT2D eigenvalue weighted by Crippen LogP contribution is 2.17. The Bertz CT molecular complexity index is 276. The molecule has 1 saturated heterocycles. The maximum atomic E-state index is 11.2. The van der Waals surface area contributed by atoms with Gasteiger partial charge in [-0.15, -0.1) is 0 Å². The van der Waals surface area contributed by atoms with Crippen LogP contribution in [-0.4, -0.2) is 43.4 Å². The van der Waals surface area contributed by atoms with E-state index in [-0.39, 0.29) is 12.2 Å². The van der Waals surface area contributed by atoms with Gasteiger partial charge in [-0.25, -0.2) is 4.79 Å². The van der Waals surface area contributed by atoms with Crippen LogP contribution in [0.25, 0.3) is 0 Å². The van der Waals surface area contributed by atoms with E-state index in [4.69, 9.17) is 9.47 Å². The molecule has 1 atom stereocenters. The predicted molar refractivity (Wildman–Crippen MR) is 66.5 cm³/mol. The molecule has 4 nitrogen and oxygen atoms in total. The largest absolute Gasteiger partial charge is 0.461 e. The summed E-state index contributed by atoms with van der Waals surface area (Å²) in [5.74, 6) is 0.135. The number of nitrogens with zero attached hydrogens (tertiary/aromatic N) is 1. The van der Waals surface area contributed by atoms with Crippen molar-refractivity contribution in [2.24, 2.45) is 5.92 Å². The zero-order valence-electron chi connectivity index (χ0n) is 11.1. The summed E-state index contributed by atoms with van der Waals surface area (Å²) in [4.78, 5) is 13.5. The van der Waals surface area contributed by atoms with Crippen molar-refractivity contribution in [3.8, 4) is 0 Å². The van der Waals surface area contributed by atoms with E-state index in [0.29, 0.717) is 18.1 Å². The summed E-state index contributed by atoms with van der Waals surface area (Å²) in [6.45, 7) is 12.4. The van der Waals surface area contributed by atoms with Gasteiger partial charge in [0.25, 0.3) is 0 Å². The molecule has 0 aromatic heterocycles. The van der Waals surface area contributed by atoms with Gasteiger partial charge in [-0.05, 0) is 19.3 Å². The lowest BCUT2D eigenvalue weighted by Crippen LogP contribution is -2.47. The predicted octanol–water partition coefficient (Wildman–Crippen LogP) is 1.81. The Labute approximate surface area is 104 Å². The minimum Gasteiger partial charge on any atom is -0.461 e. The number of ether oxygens (including phenoxy) is 2. The van der Waals surface area contributed by atoms with Gasteiger partial charge >= 0.3 is 5.97 Å². The van der Waals surface area contributed by atoms with Crippen molar-refractivity contribution >= 4 is 5.97 Å². The van der Waals surface area contributed by atoms with Gasteiger partial charge in [0, 0.05) is 25.3 Å². The normalized spacial score (nSPS) is 21.5. The van der Waals surface area contributed by atoms with Crippen LogP contribution in [0.15, 0.2) is 12.2 Å². The SMILES string of the molecule is C=C(C)C(=O)OCCN1CCCOC1C(C)C. The molecule has 1 rings (SSSR count). The van der Waals surface area contributed by atoms with Crippen LogP contribution in [0.1, 0.15) is 27.2 Å². The number of carbonyl (C=O) groups is 1. The van der Waals surface area contributed by atoms with Gasteiger partial charge in [0.05, 0.1) is 0 Å². The molecule has 98 valence electrons. The van der Waals surface area contributed by atoms with Crippen LogP contribution in [0.2, 0.25) is 0 Å². The number of esters is 1. The zero-order chi connectivity index (χ0) is 12.8. The highest BCUT2D eigenvalue weighted by Gasteiger charge is 2.25. The van der Waals surface area contributed by atoms with Crippen LogP contribution in [0.3, 0.4) is 0 Å². The lowest BCUT2D eigenvalue weighted by molar-refractivity contribution is -0.145. The standard InChI is InChI=1S/C13H23NO3/c1-10(2)12-14(6-5-8-16-12)7-9-17-13(15)11(3)4/h10,12H,3,5-9H2,1-2,4H3. The van der Waals surface area contributed by atoms with Gasteiger partial charge in [-0.3, -0.25) is 4.90 Å². The van der Waals surface area contributed by atoms with E-state index < -0.39 is 0 Å². The summed E-state index contributed by atoms with van der Waals surface area (Å²) in [5, 5.41) is 0. The van der Waals surface area contributed by atoms with Crippen molar-refractivity contribution in [1.82, 2.24) is 4.90 Å². The van der Waals surface area contributed by atoms with E-state index in [1.54, 1.807) is 6.92 Å². The van der Waals surface area contributed by atoms with Crippen molar-refractivity contribution in [3.05, 3.63) is 12.2 Å². The molecule has 0 bridgehead atoms. The molecular formula is C13H23NO3. The molecule has 1 fully saturated rings. The summed E-state index contributed by atoms with van der Waals surface area (Å²) >= 11 is 0. The van der Waals surface area contributed by atoms with Crippen LogP contribution in [0.5, 0.6) is 0 Å². The summed E-state index contributed by atoms with van der Waals surface area (Å²) in [6.07, 6.45) is 1.18. The highest BCUT2D eigenvalue weighted by molar-refractivity contribution is 5.86. The second-order valence-corrected chi connectivity index (χ2v) is 4.81. The summed E-state index contributed by atoms with van der Waals surface area (Å²) in [7, 11) is 0. The molecule has 0 radical (unpaired) electrons. The molecule has 0 aliphatic carbocycles. The average molecular weight is 241 g/mol. The maximum Gasteiger partial charge on any atom is 0.333 e. The Morgan fingerprint density at radius 1 is 1.59 bits per heavy atom. The molecular weight excluding hydrogens is 218 g/mol. The smallest absolute Gasteiger partial charge is 0.333 e. The third-order valence-electron chi connectivity index (χ3n) is 2.77. The van der Waals surface area contributed by atoms with Crippen LogP contribution < -0.4 is 0 Å². The van der Waals surface area contributed by atoms with Crippen LogP contribution in [-0.2, 0) is 14.3 Å². The first-order valence-electron chi connectivity index (χ1n) is 6.20. The first kappa shape index (κ1) is 14.2. The fourth-order valence-electron chi connectivity index (χ4n) is 1.94. The molecule has 0 spiro atoms. The lowest BCUT2D eigenvalue weighted by atomic mass is 10.1. The van der Waals surface area contributed by atoms with Gasteiger partial charge in [-0.1, -0.05) is 20.4 Å². The lowest BCUT2D eigenvalue weighted by Gasteiger charge is -2.37. The second kappa shape index (κ2) is 6.77. The van der Waals surface area contributed by atoms with E-state index in [0.717, 1.165) is 26.1 Å². The van der Waals surface area contributed by atoms with Gasteiger partial charge in [0.1, 0.15) is 12.8 Å². The minimum absolute atomic E-state index is 0.146. The molecule has 0 saturated carbocycles. The van der Waals surface area contributed by atoms with E-state index in [1.165, 1.54) is 0 Å². The molecule has 1 heterocycles. The summed E-state index contributed by atoms with van der Waals surface area (Å²) in [6, 6.07) is 0. The van der Waals surface area contributed by atoms with E-state index in [1.807, 2.05) is 0 Å². The Hall–Kier alpha value is -0.870. The van der Waals surface area contributed by atoms with E-state index >= 15 is 0 Å². The van der Waals surface area contributed by atoms with Crippen molar-refractivity contribution in [2.75, 3.05) is 26.3 Å². The Morgan fingerprint density at radius 2 is 2.29 bits per heavy atom. The number of hydrogen-bond donors (Lipinski definition) is 0. The van der Waals surface area contributed by atoms with E-state index in [2.05, 4.69) is 25.3 Å². The highest BCUT2D eigenvalue weighted by atomic mass is 16.5. The zero-order valence-corrected chi connectivity index (χ0v) is 11.1. The average Bonchev–Trinajstić information content (AvgIpc) is 2.29. The van der Waals surface area contributed by atoms with Gasteiger partial charge in [0.2, 0.25) is 0 Å². The van der Waals surface area contributed by atoms with Gasteiger partial charge in [-0.2, -0.15) is 0 Å². The van der Waals surface area contributed by atoms with Crippen LogP contribution >= 0.6 is 0 Å². The third kappa shape index (κ3) is 4.48.